The van der Waals surface area contributed by atoms with Gasteiger partial charge in [-0.15, -0.1) is 0 Å². The van der Waals surface area contributed by atoms with Crippen molar-refractivity contribution in [3.05, 3.63) is 0 Å². The Morgan fingerprint density at radius 1 is 1.56 bits per heavy atom. The number of rotatable bonds is 3. The Hall–Kier alpha value is -1.10. The molecular formula is C11H20N2O3. The van der Waals surface area contributed by atoms with E-state index >= 15 is 0 Å². The van der Waals surface area contributed by atoms with Crippen molar-refractivity contribution in [2.24, 2.45) is 11.7 Å². The number of carboxylic acids is 1. The van der Waals surface area contributed by atoms with E-state index in [1.807, 2.05) is 6.92 Å². The van der Waals surface area contributed by atoms with Crippen molar-refractivity contribution < 1.29 is 14.7 Å². The number of carbonyl (C=O) groups is 2. The van der Waals surface area contributed by atoms with E-state index in [4.69, 9.17) is 10.8 Å². The summed E-state index contributed by atoms with van der Waals surface area (Å²) in [6.07, 6.45) is 1.94. The summed E-state index contributed by atoms with van der Waals surface area (Å²) in [5.41, 5.74) is 5.00. The van der Waals surface area contributed by atoms with Crippen LogP contribution in [0, 0.1) is 5.92 Å². The number of carbonyl (C=O) groups excluding carboxylic acids is 1. The zero-order chi connectivity index (χ0) is 12.3. The van der Waals surface area contributed by atoms with Crippen molar-refractivity contribution in [2.75, 3.05) is 13.1 Å². The Morgan fingerprint density at radius 3 is 2.69 bits per heavy atom. The van der Waals surface area contributed by atoms with Crippen molar-refractivity contribution >= 4 is 11.9 Å². The predicted molar refractivity (Wildman–Crippen MR) is 59.8 cm³/mol. The first-order valence-corrected chi connectivity index (χ1v) is 5.69. The molecule has 0 bridgehead atoms. The molecule has 1 rings (SSSR count). The lowest BCUT2D eigenvalue weighted by molar-refractivity contribution is -0.147. The van der Waals surface area contributed by atoms with Gasteiger partial charge in [0.1, 0.15) is 0 Å². The molecule has 5 nitrogen and oxygen atoms in total. The van der Waals surface area contributed by atoms with Crippen molar-refractivity contribution in [1.29, 1.82) is 0 Å². The van der Waals surface area contributed by atoms with E-state index in [0.717, 1.165) is 6.42 Å². The highest BCUT2D eigenvalue weighted by Crippen LogP contribution is 2.20. The average molecular weight is 228 g/mol. The minimum absolute atomic E-state index is 0.138. The largest absolute Gasteiger partial charge is 0.481 e. The maximum absolute atomic E-state index is 12.0. The van der Waals surface area contributed by atoms with Gasteiger partial charge in [-0.25, -0.2) is 0 Å². The van der Waals surface area contributed by atoms with Crippen molar-refractivity contribution in [3.8, 4) is 0 Å². The highest BCUT2D eigenvalue weighted by atomic mass is 16.4. The Balaban J connectivity index is 2.67. The molecule has 1 aliphatic heterocycles. The Morgan fingerprint density at radius 2 is 2.19 bits per heavy atom. The number of hydrogen-bond donors (Lipinski definition) is 2. The lowest BCUT2D eigenvalue weighted by Crippen LogP contribution is -2.55. The van der Waals surface area contributed by atoms with Crippen molar-refractivity contribution in [1.82, 2.24) is 4.90 Å². The number of hydrogen-bond acceptors (Lipinski definition) is 3. The molecule has 16 heavy (non-hydrogen) atoms. The molecule has 92 valence electrons. The van der Waals surface area contributed by atoms with E-state index in [2.05, 4.69) is 0 Å². The van der Waals surface area contributed by atoms with Gasteiger partial charge < -0.3 is 15.7 Å². The first-order valence-electron chi connectivity index (χ1n) is 5.69. The number of amides is 1. The quantitative estimate of drug-likeness (QED) is 0.734. The van der Waals surface area contributed by atoms with Crippen molar-refractivity contribution in [3.63, 3.8) is 0 Å². The first kappa shape index (κ1) is 13.0. The van der Waals surface area contributed by atoms with Gasteiger partial charge in [0.2, 0.25) is 5.91 Å². The Kier molecular flexibility index (Phi) is 3.91. The van der Waals surface area contributed by atoms with Crippen LogP contribution in [0.5, 0.6) is 0 Å². The zero-order valence-electron chi connectivity index (χ0n) is 9.90. The van der Waals surface area contributed by atoms with Crippen LogP contribution in [0.4, 0.5) is 0 Å². The Bertz CT molecular complexity index is 289. The highest BCUT2D eigenvalue weighted by molar-refractivity contribution is 5.86. The van der Waals surface area contributed by atoms with Crippen LogP contribution >= 0.6 is 0 Å². The Labute approximate surface area is 95.6 Å². The van der Waals surface area contributed by atoms with Crippen LogP contribution in [-0.2, 0) is 9.59 Å². The monoisotopic (exact) mass is 228 g/mol. The molecule has 3 N–H and O–H groups in total. The lowest BCUT2D eigenvalue weighted by atomic mass is 9.93. The van der Waals surface area contributed by atoms with Gasteiger partial charge in [0.05, 0.1) is 11.5 Å². The molecule has 0 radical (unpaired) electrons. The average Bonchev–Trinajstić information content (AvgIpc) is 2.28. The van der Waals surface area contributed by atoms with E-state index in [9.17, 15) is 9.59 Å². The number of aliphatic carboxylic acids is 1. The summed E-state index contributed by atoms with van der Waals surface area (Å²) >= 11 is 0. The van der Waals surface area contributed by atoms with E-state index in [1.165, 1.54) is 0 Å². The van der Waals surface area contributed by atoms with Gasteiger partial charge in [-0.05, 0) is 26.2 Å². The summed E-state index contributed by atoms with van der Waals surface area (Å²) in [6, 6.07) is 0. The molecule has 1 heterocycles. The van der Waals surface area contributed by atoms with Crippen molar-refractivity contribution in [2.45, 2.75) is 38.6 Å². The van der Waals surface area contributed by atoms with E-state index in [-0.39, 0.29) is 5.91 Å². The molecule has 0 saturated carbocycles. The topological polar surface area (TPSA) is 83.6 Å². The van der Waals surface area contributed by atoms with Gasteiger partial charge in [-0.1, -0.05) is 6.92 Å². The second-order valence-corrected chi connectivity index (χ2v) is 4.70. The van der Waals surface area contributed by atoms with Gasteiger partial charge >= 0.3 is 5.97 Å². The molecule has 1 unspecified atom stereocenters. The molecule has 1 aliphatic rings. The SMILES string of the molecule is CCC(C)(N)C(=O)N1CCC[C@H](C(=O)O)C1. The smallest absolute Gasteiger partial charge is 0.308 e. The zero-order valence-corrected chi connectivity index (χ0v) is 9.90. The van der Waals surface area contributed by atoms with Crippen LogP contribution < -0.4 is 5.73 Å². The number of carboxylic acid groups (broad SMARTS) is 1. The summed E-state index contributed by atoms with van der Waals surface area (Å²) in [5.74, 6) is -1.40. The predicted octanol–water partition coefficient (Wildman–Crippen LogP) is 0.437. The third-order valence-electron chi connectivity index (χ3n) is 3.28. The van der Waals surface area contributed by atoms with Gasteiger partial charge in [0, 0.05) is 13.1 Å². The van der Waals surface area contributed by atoms with E-state index < -0.39 is 17.4 Å². The molecule has 2 atom stereocenters. The van der Waals surface area contributed by atoms with Crippen LogP contribution in [-0.4, -0.2) is 40.5 Å². The lowest BCUT2D eigenvalue weighted by Gasteiger charge is -2.35. The second kappa shape index (κ2) is 4.82. The maximum Gasteiger partial charge on any atom is 0.308 e. The molecule has 0 aromatic carbocycles. The molecule has 0 aromatic heterocycles. The third kappa shape index (κ3) is 2.72. The number of nitrogens with two attached hydrogens (primary N) is 1. The van der Waals surface area contributed by atoms with E-state index in [0.29, 0.717) is 25.9 Å². The summed E-state index contributed by atoms with van der Waals surface area (Å²) in [6.45, 7) is 4.46. The molecule has 1 saturated heterocycles. The minimum atomic E-state index is -0.875. The van der Waals surface area contributed by atoms with E-state index in [1.54, 1.807) is 11.8 Å². The maximum atomic E-state index is 12.0. The number of piperidine rings is 1. The molecule has 0 spiro atoms. The van der Waals surface area contributed by atoms with Gasteiger partial charge in [-0.2, -0.15) is 0 Å². The second-order valence-electron chi connectivity index (χ2n) is 4.70. The standard InChI is InChI=1S/C11H20N2O3/c1-3-11(2,12)10(16)13-6-4-5-8(7-13)9(14)15/h8H,3-7,12H2,1-2H3,(H,14,15)/t8-,11?/m0/s1. The third-order valence-corrected chi connectivity index (χ3v) is 3.28. The molecule has 0 aromatic rings. The van der Waals surface area contributed by atoms with Crippen LogP contribution in [0.2, 0.25) is 0 Å². The highest BCUT2D eigenvalue weighted by Gasteiger charge is 2.35. The fraction of sp³-hybridized carbons (Fsp3) is 0.818. The number of likely N-dealkylation sites (tertiary alicyclic amines) is 1. The molecule has 1 fully saturated rings. The summed E-state index contributed by atoms with van der Waals surface area (Å²) in [4.78, 5) is 24.5. The fourth-order valence-electron chi connectivity index (χ4n) is 1.88. The van der Waals surface area contributed by atoms with Gasteiger partial charge in [0.15, 0.2) is 0 Å². The van der Waals surface area contributed by atoms with Gasteiger partial charge in [-0.3, -0.25) is 9.59 Å². The fourth-order valence-corrected chi connectivity index (χ4v) is 1.88. The van der Waals surface area contributed by atoms with Crippen LogP contribution in [0.3, 0.4) is 0 Å². The first-order chi connectivity index (χ1) is 7.38. The molecular weight excluding hydrogens is 208 g/mol. The molecule has 5 heteroatoms. The molecule has 0 aliphatic carbocycles. The summed E-state index contributed by atoms with van der Waals surface area (Å²) in [7, 11) is 0. The van der Waals surface area contributed by atoms with Crippen LogP contribution in [0.25, 0.3) is 0 Å². The number of nitrogens with zero attached hydrogens (tertiary/aromatic N) is 1. The minimum Gasteiger partial charge on any atom is -0.481 e. The molecule has 1 amide bonds. The van der Waals surface area contributed by atoms with Gasteiger partial charge in [0.25, 0.3) is 0 Å². The summed E-state index contributed by atoms with van der Waals surface area (Å²) in [5, 5.41) is 8.93. The normalized spacial score (nSPS) is 24.9. The van der Waals surface area contributed by atoms with Crippen LogP contribution in [0.1, 0.15) is 33.1 Å². The van der Waals surface area contributed by atoms with Crippen LogP contribution in [0.15, 0.2) is 0 Å². The summed E-state index contributed by atoms with van der Waals surface area (Å²) < 4.78 is 0.